The van der Waals surface area contributed by atoms with Crippen molar-refractivity contribution in [2.75, 3.05) is 5.32 Å². The van der Waals surface area contributed by atoms with E-state index in [2.05, 4.69) is 5.32 Å². The van der Waals surface area contributed by atoms with Crippen molar-refractivity contribution in [3.8, 4) is 5.75 Å². The number of aromatic hydroxyl groups is 1. The second kappa shape index (κ2) is 5.63. The van der Waals surface area contributed by atoms with Crippen molar-refractivity contribution >= 4 is 11.6 Å². The van der Waals surface area contributed by atoms with Crippen LogP contribution in [0.25, 0.3) is 0 Å². The molecule has 1 atom stereocenters. The van der Waals surface area contributed by atoms with E-state index in [4.69, 9.17) is 10.8 Å². The molecule has 1 unspecified atom stereocenters. The van der Waals surface area contributed by atoms with E-state index < -0.39 is 17.6 Å². The van der Waals surface area contributed by atoms with Gasteiger partial charge in [-0.2, -0.15) is 0 Å². The maximum Gasteiger partial charge on any atom is 0.241 e. The molecule has 1 rings (SSSR count). The molecule has 1 aromatic rings. The van der Waals surface area contributed by atoms with Gasteiger partial charge in [-0.25, -0.2) is 4.39 Å². The first kappa shape index (κ1) is 13.4. The maximum atomic E-state index is 13.0. The van der Waals surface area contributed by atoms with Crippen LogP contribution in [-0.2, 0) is 4.79 Å². The first-order chi connectivity index (χ1) is 7.90. The van der Waals surface area contributed by atoms with E-state index in [0.717, 1.165) is 6.07 Å². The fraction of sp³-hybridized carbons (Fsp3) is 0.417. The number of hydrogen-bond acceptors (Lipinski definition) is 3. The highest BCUT2D eigenvalue weighted by molar-refractivity contribution is 5.94. The van der Waals surface area contributed by atoms with Crippen molar-refractivity contribution in [3.63, 3.8) is 0 Å². The summed E-state index contributed by atoms with van der Waals surface area (Å²) in [6.45, 7) is 3.93. The third-order valence-electron chi connectivity index (χ3n) is 2.28. The Bertz CT molecular complexity index is 407. The van der Waals surface area contributed by atoms with Crippen LogP contribution in [0.4, 0.5) is 10.1 Å². The zero-order chi connectivity index (χ0) is 13.0. The van der Waals surface area contributed by atoms with Crippen molar-refractivity contribution in [2.24, 2.45) is 11.7 Å². The van der Waals surface area contributed by atoms with Gasteiger partial charge in [0.2, 0.25) is 5.91 Å². The molecule has 0 aliphatic heterocycles. The van der Waals surface area contributed by atoms with Gasteiger partial charge in [-0.15, -0.1) is 0 Å². The molecule has 4 nitrogen and oxygen atoms in total. The molecule has 0 saturated carbocycles. The van der Waals surface area contributed by atoms with Crippen LogP contribution in [0.1, 0.15) is 20.3 Å². The van der Waals surface area contributed by atoms with Gasteiger partial charge in [0, 0.05) is 11.8 Å². The van der Waals surface area contributed by atoms with Crippen LogP contribution in [0.2, 0.25) is 0 Å². The molecule has 0 spiro atoms. The van der Waals surface area contributed by atoms with Gasteiger partial charge in [0.15, 0.2) is 11.6 Å². The van der Waals surface area contributed by atoms with Crippen molar-refractivity contribution in [2.45, 2.75) is 26.3 Å². The minimum Gasteiger partial charge on any atom is -0.505 e. The highest BCUT2D eigenvalue weighted by atomic mass is 19.1. The molecular formula is C12H17FN2O2. The van der Waals surface area contributed by atoms with Gasteiger partial charge in [-0.05, 0) is 24.5 Å². The molecule has 4 N–H and O–H groups in total. The smallest absolute Gasteiger partial charge is 0.241 e. The van der Waals surface area contributed by atoms with E-state index in [9.17, 15) is 9.18 Å². The number of benzene rings is 1. The Morgan fingerprint density at radius 3 is 2.71 bits per heavy atom. The molecule has 0 aromatic heterocycles. The average Bonchev–Trinajstić information content (AvgIpc) is 2.22. The monoisotopic (exact) mass is 240 g/mol. The lowest BCUT2D eigenvalue weighted by Crippen LogP contribution is -2.36. The Balaban J connectivity index is 2.64. The quantitative estimate of drug-likeness (QED) is 0.703. The summed E-state index contributed by atoms with van der Waals surface area (Å²) in [5.41, 5.74) is 5.96. The van der Waals surface area contributed by atoms with Crippen LogP contribution in [0.3, 0.4) is 0 Å². The average molecular weight is 240 g/mol. The summed E-state index contributed by atoms with van der Waals surface area (Å²) in [6, 6.07) is 3.03. The number of amides is 1. The number of phenolic OH excluding ortho intramolecular Hbond substituents is 1. The van der Waals surface area contributed by atoms with Gasteiger partial charge in [-0.1, -0.05) is 13.8 Å². The van der Waals surface area contributed by atoms with E-state index in [-0.39, 0.29) is 11.6 Å². The van der Waals surface area contributed by atoms with Crippen LogP contribution in [0, 0.1) is 11.7 Å². The lowest BCUT2D eigenvalue weighted by Gasteiger charge is -2.14. The van der Waals surface area contributed by atoms with Gasteiger partial charge >= 0.3 is 0 Å². The summed E-state index contributed by atoms with van der Waals surface area (Å²) in [5.74, 6) is -1.27. The Hall–Kier alpha value is -1.62. The molecule has 5 heteroatoms. The molecule has 0 radical (unpaired) electrons. The maximum absolute atomic E-state index is 13.0. The summed E-state index contributed by atoms with van der Waals surface area (Å²) >= 11 is 0. The van der Waals surface area contributed by atoms with E-state index >= 15 is 0 Å². The molecule has 1 amide bonds. The predicted octanol–water partition coefficient (Wildman–Crippen LogP) is 1.84. The van der Waals surface area contributed by atoms with E-state index in [1.807, 2.05) is 13.8 Å². The number of carbonyl (C=O) groups is 1. The van der Waals surface area contributed by atoms with Crippen molar-refractivity contribution in [3.05, 3.63) is 24.0 Å². The van der Waals surface area contributed by atoms with Gasteiger partial charge in [0.1, 0.15) is 0 Å². The highest BCUT2D eigenvalue weighted by Gasteiger charge is 2.15. The number of hydrogen-bond donors (Lipinski definition) is 3. The molecule has 0 fully saturated rings. The van der Waals surface area contributed by atoms with Gasteiger partial charge in [-0.3, -0.25) is 4.79 Å². The number of anilines is 1. The standard InChI is InChI=1S/C12H17FN2O2/c1-7(2)5-10(14)12(17)15-8-3-4-11(16)9(13)6-8/h3-4,6-7,10,16H,5,14H2,1-2H3,(H,15,17). The Kier molecular flexibility index (Phi) is 4.45. The molecule has 0 aliphatic rings. The van der Waals surface area contributed by atoms with E-state index in [1.54, 1.807) is 0 Å². The second-order valence-corrected chi connectivity index (χ2v) is 4.39. The highest BCUT2D eigenvalue weighted by Crippen LogP contribution is 2.19. The fourth-order valence-corrected chi connectivity index (χ4v) is 1.43. The van der Waals surface area contributed by atoms with Gasteiger partial charge < -0.3 is 16.2 Å². The van der Waals surface area contributed by atoms with Crippen molar-refractivity contribution in [1.29, 1.82) is 0 Å². The number of nitrogens with two attached hydrogens (primary N) is 1. The molecule has 0 saturated heterocycles. The lowest BCUT2D eigenvalue weighted by atomic mass is 10.0. The van der Waals surface area contributed by atoms with Crippen LogP contribution in [-0.4, -0.2) is 17.1 Å². The first-order valence-electron chi connectivity index (χ1n) is 5.45. The second-order valence-electron chi connectivity index (χ2n) is 4.39. The zero-order valence-corrected chi connectivity index (χ0v) is 9.90. The fourth-order valence-electron chi connectivity index (χ4n) is 1.43. The van der Waals surface area contributed by atoms with Crippen molar-refractivity contribution in [1.82, 2.24) is 0 Å². The third-order valence-corrected chi connectivity index (χ3v) is 2.28. The summed E-state index contributed by atoms with van der Waals surface area (Å²) < 4.78 is 13.0. The van der Waals surface area contributed by atoms with E-state index in [1.165, 1.54) is 12.1 Å². The number of nitrogens with one attached hydrogen (secondary N) is 1. The van der Waals surface area contributed by atoms with Gasteiger partial charge in [0.25, 0.3) is 0 Å². The van der Waals surface area contributed by atoms with Crippen molar-refractivity contribution < 1.29 is 14.3 Å². The van der Waals surface area contributed by atoms with Crippen LogP contribution < -0.4 is 11.1 Å². The minimum absolute atomic E-state index is 0.282. The molecule has 0 bridgehead atoms. The van der Waals surface area contributed by atoms with Gasteiger partial charge in [0.05, 0.1) is 6.04 Å². The molecular weight excluding hydrogens is 223 g/mol. The van der Waals surface area contributed by atoms with Crippen LogP contribution in [0.5, 0.6) is 5.75 Å². The summed E-state index contributed by atoms with van der Waals surface area (Å²) in [6.07, 6.45) is 0.562. The van der Waals surface area contributed by atoms with E-state index in [0.29, 0.717) is 12.3 Å². The molecule has 17 heavy (non-hydrogen) atoms. The number of halogens is 1. The predicted molar refractivity (Wildman–Crippen MR) is 64.1 cm³/mol. The third kappa shape index (κ3) is 4.03. The normalized spacial score (nSPS) is 12.5. The Morgan fingerprint density at radius 1 is 1.53 bits per heavy atom. The summed E-state index contributed by atoms with van der Waals surface area (Å²) in [4.78, 5) is 11.6. The lowest BCUT2D eigenvalue weighted by molar-refractivity contribution is -0.117. The Morgan fingerprint density at radius 2 is 2.18 bits per heavy atom. The SMILES string of the molecule is CC(C)CC(N)C(=O)Nc1ccc(O)c(F)c1. The molecule has 0 heterocycles. The number of rotatable bonds is 4. The minimum atomic E-state index is -0.778. The van der Waals surface area contributed by atoms with Crippen LogP contribution >= 0.6 is 0 Å². The summed E-state index contributed by atoms with van der Waals surface area (Å²) in [5, 5.41) is 11.5. The topological polar surface area (TPSA) is 75.4 Å². The number of phenols is 1. The zero-order valence-electron chi connectivity index (χ0n) is 9.90. The first-order valence-corrected chi connectivity index (χ1v) is 5.45. The Labute approximate surface area is 99.6 Å². The molecule has 1 aromatic carbocycles. The summed E-state index contributed by atoms with van der Waals surface area (Å²) in [7, 11) is 0. The number of carbonyl (C=O) groups excluding carboxylic acids is 1. The molecule has 0 aliphatic carbocycles. The van der Waals surface area contributed by atoms with Crippen LogP contribution in [0.15, 0.2) is 18.2 Å². The largest absolute Gasteiger partial charge is 0.505 e. The molecule has 94 valence electrons.